The van der Waals surface area contributed by atoms with E-state index in [1.54, 1.807) is 26.5 Å². The molecule has 0 aliphatic carbocycles. The lowest BCUT2D eigenvalue weighted by atomic mass is 10.1. The van der Waals surface area contributed by atoms with Gasteiger partial charge in [0.1, 0.15) is 11.5 Å². The minimum Gasteiger partial charge on any atom is -0.497 e. The number of nitrogens with one attached hydrogen (secondary N) is 1. The van der Waals surface area contributed by atoms with Crippen LogP contribution in [0.15, 0.2) is 48.7 Å². The van der Waals surface area contributed by atoms with Crippen molar-refractivity contribution in [1.29, 1.82) is 0 Å². The standard InChI is InChI=1S/C20H19ClN2O3/c1-25-16-6-7-18(26-2)13(11-16)5-8-19(24)23-17-12-15(21)10-14-4-3-9-22-20(14)17/h3-4,6-7,9-12H,5,8H2,1-2H3,(H,23,24). The molecule has 134 valence electrons. The van der Waals surface area contributed by atoms with Crippen molar-refractivity contribution in [2.45, 2.75) is 12.8 Å². The van der Waals surface area contributed by atoms with Gasteiger partial charge in [0, 0.05) is 23.0 Å². The molecule has 1 N–H and O–H groups in total. The molecule has 0 aliphatic heterocycles. The number of pyridine rings is 1. The summed E-state index contributed by atoms with van der Waals surface area (Å²) >= 11 is 6.14. The number of methoxy groups -OCH3 is 2. The second-order valence-corrected chi connectivity index (χ2v) is 6.19. The monoisotopic (exact) mass is 370 g/mol. The van der Waals surface area contributed by atoms with E-state index < -0.39 is 0 Å². The fourth-order valence-electron chi connectivity index (χ4n) is 2.79. The number of fused-ring (bicyclic) bond motifs is 1. The highest BCUT2D eigenvalue weighted by molar-refractivity contribution is 6.32. The molecule has 0 spiro atoms. The molecule has 0 unspecified atom stereocenters. The fraction of sp³-hybridized carbons (Fsp3) is 0.200. The summed E-state index contributed by atoms with van der Waals surface area (Å²) < 4.78 is 10.6. The number of nitrogens with zero attached hydrogens (tertiary/aromatic N) is 1. The molecule has 1 aromatic heterocycles. The predicted octanol–water partition coefficient (Wildman–Crippen LogP) is 4.48. The number of aromatic nitrogens is 1. The van der Waals surface area contributed by atoms with E-state index in [4.69, 9.17) is 21.1 Å². The summed E-state index contributed by atoms with van der Waals surface area (Å²) in [4.78, 5) is 16.8. The van der Waals surface area contributed by atoms with E-state index in [2.05, 4.69) is 10.3 Å². The second-order valence-electron chi connectivity index (χ2n) is 5.75. The van der Waals surface area contributed by atoms with Crippen LogP contribution >= 0.6 is 11.6 Å². The Balaban J connectivity index is 1.74. The first kappa shape index (κ1) is 18.0. The molecule has 0 fully saturated rings. The Morgan fingerprint density at radius 3 is 2.77 bits per heavy atom. The van der Waals surface area contributed by atoms with Crippen LogP contribution in [0.2, 0.25) is 5.02 Å². The first-order valence-electron chi connectivity index (χ1n) is 8.15. The normalized spacial score (nSPS) is 10.6. The van der Waals surface area contributed by atoms with Gasteiger partial charge in [-0.2, -0.15) is 0 Å². The lowest BCUT2D eigenvalue weighted by Gasteiger charge is -2.11. The van der Waals surface area contributed by atoms with Crippen LogP contribution in [-0.4, -0.2) is 25.1 Å². The van der Waals surface area contributed by atoms with Crippen LogP contribution in [0, 0.1) is 0 Å². The van der Waals surface area contributed by atoms with Crippen molar-refractivity contribution in [3.63, 3.8) is 0 Å². The smallest absolute Gasteiger partial charge is 0.224 e. The van der Waals surface area contributed by atoms with E-state index in [1.807, 2.05) is 36.4 Å². The van der Waals surface area contributed by atoms with Crippen molar-refractivity contribution in [1.82, 2.24) is 4.98 Å². The number of ether oxygens (including phenoxy) is 2. The van der Waals surface area contributed by atoms with Crippen LogP contribution < -0.4 is 14.8 Å². The van der Waals surface area contributed by atoms with E-state index in [0.717, 1.165) is 22.4 Å². The molecule has 3 aromatic rings. The molecule has 0 bridgehead atoms. The van der Waals surface area contributed by atoms with E-state index in [0.29, 0.717) is 29.1 Å². The Morgan fingerprint density at radius 1 is 1.15 bits per heavy atom. The highest BCUT2D eigenvalue weighted by Gasteiger charge is 2.11. The van der Waals surface area contributed by atoms with Crippen molar-refractivity contribution < 1.29 is 14.3 Å². The third-order valence-electron chi connectivity index (χ3n) is 4.05. The van der Waals surface area contributed by atoms with Gasteiger partial charge in [-0.1, -0.05) is 17.7 Å². The Hall–Kier alpha value is -2.79. The highest BCUT2D eigenvalue weighted by Crippen LogP contribution is 2.27. The van der Waals surface area contributed by atoms with Crippen LogP contribution in [0.4, 0.5) is 5.69 Å². The Bertz CT molecular complexity index is 943. The summed E-state index contributed by atoms with van der Waals surface area (Å²) in [5.41, 5.74) is 2.23. The molecule has 0 atom stereocenters. The van der Waals surface area contributed by atoms with Gasteiger partial charge in [0.25, 0.3) is 0 Å². The number of carbonyl (C=O) groups excluding carboxylic acids is 1. The van der Waals surface area contributed by atoms with Gasteiger partial charge in [-0.05, 0) is 48.4 Å². The molecule has 0 saturated heterocycles. The molecule has 3 rings (SSSR count). The zero-order chi connectivity index (χ0) is 18.5. The lowest BCUT2D eigenvalue weighted by molar-refractivity contribution is -0.116. The number of carbonyl (C=O) groups is 1. The minimum atomic E-state index is -0.121. The number of aryl methyl sites for hydroxylation is 1. The SMILES string of the molecule is COc1ccc(OC)c(CCC(=O)Nc2cc(Cl)cc3cccnc23)c1. The summed E-state index contributed by atoms with van der Waals surface area (Å²) in [5.74, 6) is 1.34. The first-order chi connectivity index (χ1) is 12.6. The van der Waals surface area contributed by atoms with Gasteiger partial charge in [-0.15, -0.1) is 0 Å². The van der Waals surface area contributed by atoms with Crippen molar-refractivity contribution in [2.75, 3.05) is 19.5 Å². The van der Waals surface area contributed by atoms with Crippen molar-refractivity contribution >= 4 is 34.1 Å². The Labute approximate surface area is 156 Å². The molecule has 1 heterocycles. The number of hydrogen-bond acceptors (Lipinski definition) is 4. The third-order valence-corrected chi connectivity index (χ3v) is 4.27. The van der Waals surface area contributed by atoms with Crippen LogP contribution in [0.3, 0.4) is 0 Å². The number of benzene rings is 2. The summed E-state index contributed by atoms with van der Waals surface area (Å²) in [6.07, 6.45) is 2.51. The maximum absolute atomic E-state index is 12.4. The van der Waals surface area contributed by atoms with Gasteiger partial charge in [-0.25, -0.2) is 0 Å². The van der Waals surface area contributed by atoms with Gasteiger partial charge in [0.05, 0.1) is 25.4 Å². The number of halogens is 1. The largest absolute Gasteiger partial charge is 0.497 e. The molecule has 0 saturated carbocycles. The molecule has 26 heavy (non-hydrogen) atoms. The van der Waals surface area contributed by atoms with Gasteiger partial charge < -0.3 is 14.8 Å². The van der Waals surface area contributed by atoms with Crippen molar-refractivity contribution in [3.05, 3.63) is 59.2 Å². The van der Waals surface area contributed by atoms with Crippen LogP contribution in [-0.2, 0) is 11.2 Å². The fourth-order valence-corrected chi connectivity index (χ4v) is 3.02. The van der Waals surface area contributed by atoms with Gasteiger partial charge >= 0.3 is 0 Å². The molecule has 1 amide bonds. The number of hydrogen-bond donors (Lipinski definition) is 1. The summed E-state index contributed by atoms with van der Waals surface area (Å²) in [6, 6.07) is 12.8. The summed E-state index contributed by atoms with van der Waals surface area (Å²) in [6.45, 7) is 0. The van der Waals surface area contributed by atoms with E-state index in [1.165, 1.54) is 0 Å². The van der Waals surface area contributed by atoms with Crippen LogP contribution in [0.25, 0.3) is 10.9 Å². The van der Waals surface area contributed by atoms with Crippen LogP contribution in [0.1, 0.15) is 12.0 Å². The lowest BCUT2D eigenvalue weighted by Crippen LogP contribution is -2.13. The molecule has 0 aliphatic rings. The van der Waals surface area contributed by atoms with Gasteiger partial charge in [0.15, 0.2) is 0 Å². The maximum Gasteiger partial charge on any atom is 0.224 e. The average molecular weight is 371 g/mol. The summed E-state index contributed by atoms with van der Waals surface area (Å²) in [7, 11) is 3.21. The number of anilines is 1. The molecule has 2 aromatic carbocycles. The number of rotatable bonds is 6. The second kappa shape index (κ2) is 8.06. The maximum atomic E-state index is 12.4. The Kier molecular flexibility index (Phi) is 5.58. The zero-order valence-corrected chi connectivity index (χ0v) is 15.3. The summed E-state index contributed by atoms with van der Waals surface area (Å²) in [5, 5.41) is 4.33. The van der Waals surface area contributed by atoms with Crippen molar-refractivity contribution in [2.24, 2.45) is 0 Å². The van der Waals surface area contributed by atoms with Gasteiger partial charge in [0.2, 0.25) is 5.91 Å². The molecular formula is C20H19ClN2O3. The molecule has 6 heteroatoms. The molecule has 5 nitrogen and oxygen atoms in total. The topological polar surface area (TPSA) is 60.5 Å². The molecular weight excluding hydrogens is 352 g/mol. The van der Waals surface area contributed by atoms with Gasteiger partial charge in [-0.3, -0.25) is 9.78 Å². The van der Waals surface area contributed by atoms with E-state index in [-0.39, 0.29) is 5.91 Å². The highest BCUT2D eigenvalue weighted by atomic mass is 35.5. The quantitative estimate of drug-likeness (QED) is 0.695. The molecule has 0 radical (unpaired) electrons. The zero-order valence-electron chi connectivity index (χ0n) is 14.6. The third kappa shape index (κ3) is 4.06. The Morgan fingerprint density at radius 2 is 2.00 bits per heavy atom. The average Bonchev–Trinajstić information content (AvgIpc) is 2.66. The first-order valence-corrected chi connectivity index (χ1v) is 8.53. The predicted molar refractivity (Wildman–Crippen MR) is 103 cm³/mol. The minimum absolute atomic E-state index is 0.121. The van der Waals surface area contributed by atoms with E-state index >= 15 is 0 Å². The number of amides is 1. The van der Waals surface area contributed by atoms with E-state index in [9.17, 15) is 4.79 Å². The van der Waals surface area contributed by atoms with Crippen molar-refractivity contribution in [3.8, 4) is 11.5 Å². The van der Waals surface area contributed by atoms with Crippen LogP contribution in [0.5, 0.6) is 11.5 Å².